The lowest BCUT2D eigenvalue weighted by Gasteiger charge is -2.04. The zero-order valence-corrected chi connectivity index (χ0v) is 8.54. The first-order chi connectivity index (χ1) is 6.81. The third-order valence-electron chi connectivity index (χ3n) is 1.86. The van der Waals surface area contributed by atoms with Crippen molar-refractivity contribution >= 4 is 17.2 Å². The van der Waals surface area contributed by atoms with E-state index in [1.54, 1.807) is 7.11 Å². The summed E-state index contributed by atoms with van der Waals surface area (Å²) < 4.78 is 5.23. The van der Waals surface area contributed by atoms with Crippen molar-refractivity contribution < 1.29 is 4.74 Å². The van der Waals surface area contributed by atoms with E-state index in [2.05, 4.69) is 4.98 Å². The van der Waals surface area contributed by atoms with Gasteiger partial charge >= 0.3 is 0 Å². The fourth-order valence-corrected chi connectivity index (χ4v) is 1.97. The molecule has 1 aromatic heterocycles. The Morgan fingerprint density at radius 2 is 2.14 bits per heavy atom. The van der Waals surface area contributed by atoms with Crippen LogP contribution in [-0.2, 0) is 0 Å². The molecule has 0 aliphatic carbocycles. The number of benzene rings is 1. The van der Waals surface area contributed by atoms with Gasteiger partial charge in [0, 0.05) is 5.38 Å². The maximum Gasteiger partial charge on any atom is 0.135 e. The third kappa shape index (κ3) is 1.56. The number of nitrogen functional groups attached to an aromatic ring is 1. The van der Waals surface area contributed by atoms with Crippen LogP contribution in [0.25, 0.3) is 10.6 Å². The van der Waals surface area contributed by atoms with Crippen LogP contribution in [0.2, 0.25) is 0 Å². The monoisotopic (exact) mass is 206 g/mol. The topological polar surface area (TPSA) is 48.1 Å². The van der Waals surface area contributed by atoms with Crippen molar-refractivity contribution in [2.24, 2.45) is 0 Å². The highest BCUT2D eigenvalue weighted by Crippen LogP contribution is 2.32. The lowest BCUT2D eigenvalue weighted by molar-refractivity contribution is 0.416. The first kappa shape index (κ1) is 9.02. The Labute approximate surface area is 86.2 Å². The van der Waals surface area contributed by atoms with Crippen LogP contribution >= 0.6 is 11.3 Å². The molecule has 2 aromatic rings. The van der Waals surface area contributed by atoms with E-state index < -0.39 is 0 Å². The summed E-state index contributed by atoms with van der Waals surface area (Å²) >= 11 is 1.52. The summed E-state index contributed by atoms with van der Waals surface area (Å²) in [6.45, 7) is 0. The van der Waals surface area contributed by atoms with E-state index in [9.17, 15) is 0 Å². The van der Waals surface area contributed by atoms with Gasteiger partial charge in [-0.2, -0.15) is 0 Å². The van der Waals surface area contributed by atoms with Crippen LogP contribution in [0.4, 0.5) is 5.82 Å². The van der Waals surface area contributed by atoms with Crippen molar-refractivity contribution in [1.82, 2.24) is 4.98 Å². The Morgan fingerprint density at radius 1 is 1.36 bits per heavy atom. The molecule has 14 heavy (non-hydrogen) atoms. The molecule has 0 bridgehead atoms. The van der Waals surface area contributed by atoms with Gasteiger partial charge in [0.05, 0.1) is 12.7 Å². The molecular formula is C10H10N2OS. The number of nitrogens with two attached hydrogens (primary N) is 1. The summed E-state index contributed by atoms with van der Waals surface area (Å²) in [4.78, 5) is 4.21. The summed E-state index contributed by atoms with van der Waals surface area (Å²) in [5, 5.41) is 2.71. The molecule has 4 heteroatoms. The number of hydrogen-bond acceptors (Lipinski definition) is 4. The van der Waals surface area contributed by atoms with Crippen LogP contribution in [-0.4, -0.2) is 12.1 Å². The van der Waals surface area contributed by atoms with Crippen molar-refractivity contribution in [3.05, 3.63) is 29.6 Å². The van der Waals surface area contributed by atoms with E-state index in [1.807, 2.05) is 29.6 Å². The molecule has 0 atom stereocenters. The van der Waals surface area contributed by atoms with Crippen LogP contribution in [0.1, 0.15) is 0 Å². The second-order valence-corrected chi connectivity index (χ2v) is 3.64. The van der Waals surface area contributed by atoms with Gasteiger partial charge in [0.25, 0.3) is 0 Å². The normalized spacial score (nSPS) is 10.1. The van der Waals surface area contributed by atoms with Gasteiger partial charge in [0.15, 0.2) is 0 Å². The number of methoxy groups -OCH3 is 1. The van der Waals surface area contributed by atoms with Gasteiger partial charge in [-0.25, -0.2) is 4.98 Å². The molecule has 0 aliphatic rings. The molecule has 0 aliphatic heterocycles. The zero-order valence-electron chi connectivity index (χ0n) is 7.73. The lowest BCUT2D eigenvalue weighted by Crippen LogP contribution is -1.87. The van der Waals surface area contributed by atoms with Crippen LogP contribution in [0.5, 0.6) is 5.75 Å². The van der Waals surface area contributed by atoms with E-state index in [-0.39, 0.29) is 0 Å². The summed E-state index contributed by atoms with van der Waals surface area (Å²) in [6, 6.07) is 7.76. The minimum absolute atomic E-state index is 0.552. The van der Waals surface area contributed by atoms with Crippen molar-refractivity contribution in [2.45, 2.75) is 0 Å². The molecule has 2 N–H and O–H groups in total. The van der Waals surface area contributed by atoms with E-state index in [0.717, 1.165) is 16.3 Å². The maximum atomic E-state index is 5.57. The van der Waals surface area contributed by atoms with Crippen LogP contribution < -0.4 is 10.5 Å². The highest BCUT2D eigenvalue weighted by atomic mass is 32.1. The molecule has 72 valence electrons. The summed E-state index contributed by atoms with van der Waals surface area (Å²) in [5.74, 6) is 1.37. The first-order valence-electron chi connectivity index (χ1n) is 4.15. The molecule has 0 saturated heterocycles. The molecule has 3 nitrogen and oxygen atoms in total. The van der Waals surface area contributed by atoms with Gasteiger partial charge in [-0.3, -0.25) is 0 Å². The highest BCUT2D eigenvalue weighted by Gasteiger charge is 2.07. The maximum absolute atomic E-state index is 5.57. The smallest absolute Gasteiger partial charge is 0.135 e. The van der Waals surface area contributed by atoms with Gasteiger partial charge in [0.1, 0.15) is 16.6 Å². The average molecular weight is 206 g/mol. The Hall–Kier alpha value is -1.55. The number of hydrogen-bond donors (Lipinski definition) is 1. The number of anilines is 1. The molecule has 0 fully saturated rings. The second-order valence-electron chi connectivity index (χ2n) is 2.78. The van der Waals surface area contributed by atoms with Crippen molar-refractivity contribution in [1.29, 1.82) is 0 Å². The quantitative estimate of drug-likeness (QED) is 0.820. The molecule has 0 radical (unpaired) electrons. The fourth-order valence-electron chi connectivity index (χ4n) is 1.23. The van der Waals surface area contributed by atoms with E-state index in [0.29, 0.717) is 5.82 Å². The predicted octanol–water partition coefficient (Wildman–Crippen LogP) is 2.40. The standard InChI is InChI=1S/C10H10N2OS/c1-13-8-5-3-2-4-7(8)10-12-9(11)6-14-10/h2-6H,11H2,1H3. The van der Waals surface area contributed by atoms with Crippen LogP contribution in [0, 0.1) is 0 Å². The average Bonchev–Trinajstić information content (AvgIpc) is 2.65. The van der Waals surface area contributed by atoms with Gasteiger partial charge < -0.3 is 10.5 Å². The van der Waals surface area contributed by atoms with Gasteiger partial charge in [-0.05, 0) is 12.1 Å². The van der Waals surface area contributed by atoms with Gasteiger partial charge in [0.2, 0.25) is 0 Å². The van der Waals surface area contributed by atoms with Gasteiger partial charge in [-0.15, -0.1) is 11.3 Å². The number of para-hydroxylation sites is 1. The molecule has 0 amide bonds. The number of rotatable bonds is 2. The molecule has 0 saturated carbocycles. The minimum Gasteiger partial charge on any atom is -0.496 e. The molecule has 1 aromatic carbocycles. The SMILES string of the molecule is COc1ccccc1-c1nc(N)cs1. The molecule has 1 heterocycles. The van der Waals surface area contributed by atoms with Crippen LogP contribution in [0.15, 0.2) is 29.6 Å². The fraction of sp³-hybridized carbons (Fsp3) is 0.100. The summed E-state index contributed by atoms with van der Waals surface area (Å²) in [7, 11) is 1.65. The highest BCUT2D eigenvalue weighted by molar-refractivity contribution is 7.13. The summed E-state index contributed by atoms with van der Waals surface area (Å²) in [6.07, 6.45) is 0. The lowest BCUT2D eigenvalue weighted by atomic mass is 10.2. The van der Waals surface area contributed by atoms with Crippen LogP contribution in [0.3, 0.4) is 0 Å². The number of thiazole rings is 1. The molecule has 2 rings (SSSR count). The van der Waals surface area contributed by atoms with Crippen molar-refractivity contribution in [2.75, 3.05) is 12.8 Å². The number of ether oxygens (including phenoxy) is 1. The van der Waals surface area contributed by atoms with E-state index in [1.165, 1.54) is 11.3 Å². The second kappa shape index (κ2) is 3.67. The van der Waals surface area contributed by atoms with E-state index in [4.69, 9.17) is 10.5 Å². The summed E-state index contributed by atoms with van der Waals surface area (Å²) in [5.41, 5.74) is 6.55. The molecule has 0 unspecified atom stereocenters. The Balaban J connectivity index is 2.50. The Kier molecular flexibility index (Phi) is 2.37. The minimum atomic E-state index is 0.552. The first-order valence-corrected chi connectivity index (χ1v) is 5.03. The Bertz CT molecular complexity index is 439. The third-order valence-corrected chi connectivity index (χ3v) is 2.75. The zero-order chi connectivity index (χ0) is 9.97. The molecule has 0 spiro atoms. The van der Waals surface area contributed by atoms with Gasteiger partial charge in [-0.1, -0.05) is 12.1 Å². The van der Waals surface area contributed by atoms with Crippen molar-refractivity contribution in [3.63, 3.8) is 0 Å². The number of nitrogens with zero attached hydrogens (tertiary/aromatic N) is 1. The molecular weight excluding hydrogens is 196 g/mol. The Morgan fingerprint density at radius 3 is 2.79 bits per heavy atom. The number of aromatic nitrogens is 1. The predicted molar refractivity (Wildman–Crippen MR) is 58.5 cm³/mol. The van der Waals surface area contributed by atoms with Crippen molar-refractivity contribution in [3.8, 4) is 16.3 Å². The van der Waals surface area contributed by atoms with E-state index >= 15 is 0 Å². The largest absolute Gasteiger partial charge is 0.496 e.